The van der Waals surface area contributed by atoms with E-state index in [4.69, 9.17) is 38.9 Å². The second kappa shape index (κ2) is 12.3. The number of nitrogens with two attached hydrogens (primary N) is 1. The molecule has 0 amide bonds. The summed E-state index contributed by atoms with van der Waals surface area (Å²) in [6, 6.07) is -1.29. The van der Waals surface area contributed by atoms with Crippen LogP contribution in [0.4, 0.5) is 0 Å². The average molecular weight is 491 g/mol. The number of rotatable bonds is 9. The van der Waals surface area contributed by atoms with E-state index in [0.717, 1.165) is 41.7 Å². The summed E-state index contributed by atoms with van der Waals surface area (Å²) in [5.41, 5.74) is 6.23. The molecule has 0 aromatic heterocycles. The highest BCUT2D eigenvalue weighted by Crippen LogP contribution is 2.36. The predicted octanol–water partition coefficient (Wildman–Crippen LogP) is -1.11. The van der Waals surface area contributed by atoms with Gasteiger partial charge in [0, 0.05) is 34.6 Å². The van der Waals surface area contributed by atoms with Crippen LogP contribution in [0.2, 0.25) is 0 Å². The van der Waals surface area contributed by atoms with Crippen LogP contribution in [-0.4, -0.2) is 85.8 Å². The lowest BCUT2D eigenvalue weighted by molar-refractivity contribution is -0.302. The molecule has 0 aromatic rings. The second-order valence-corrected chi connectivity index (χ2v) is 7.37. The van der Waals surface area contributed by atoms with Crippen molar-refractivity contribution in [3.8, 4) is 0 Å². The lowest BCUT2D eigenvalue weighted by Gasteiger charge is -2.46. The van der Waals surface area contributed by atoms with E-state index in [1.807, 2.05) is 0 Å². The molecule has 14 heteroatoms. The van der Waals surface area contributed by atoms with Gasteiger partial charge in [-0.1, -0.05) is 0 Å². The molecule has 0 radical (unpaired) electrons. The highest BCUT2D eigenvalue weighted by atomic mass is 16.8. The van der Waals surface area contributed by atoms with Gasteiger partial charge in [0.05, 0.1) is 19.6 Å². The monoisotopic (exact) mass is 491 g/mol. The minimum Gasteiger partial charge on any atom is -0.464 e. The molecular formula is C20H29NO13. The van der Waals surface area contributed by atoms with Crippen molar-refractivity contribution < 1.29 is 61.9 Å². The number of hydrogen-bond donors (Lipinski definition) is 1. The third-order valence-corrected chi connectivity index (χ3v) is 4.49. The van der Waals surface area contributed by atoms with Crippen LogP contribution in [0.25, 0.3) is 0 Å². The molecule has 1 saturated heterocycles. The number of methoxy groups -OCH3 is 1. The van der Waals surface area contributed by atoms with Crippen molar-refractivity contribution in [3.63, 3.8) is 0 Å². The third-order valence-electron chi connectivity index (χ3n) is 4.49. The summed E-state index contributed by atoms with van der Waals surface area (Å²) < 4.78 is 36.1. The van der Waals surface area contributed by atoms with Gasteiger partial charge in [-0.15, -0.1) is 0 Å². The highest BCUT2D eigenvalue weighted by Gasteiger charge is 2.59. The van der Waals surface area contributed by atoms with Crippen molar-refractivity contribution in [1.29, 1.82) is 0 Å². The number of carbonyl (C=O) groups is 6. The Morgan fingerprint density at radius 2 is 1.50 bits per heavy atom. The molecule has 0 bridgehead atoms. The lowest BCUT2D eigenvalue weighted by Crippen LogP contribution is -2.68. The Kier molecular flexibility index (Phi) is 10.4. The molecule has 2 N–H and O–H groups in total. The fourth-order valence-corrected chi connectivity index (χ4v) is 3.36. The molecule has 1 aliphatic rings. The molecule has 34 heavy (non-hydrogen) atoms. The Morgan fingerprint density at radius 3 is 1.94 bits per heavy atom. The van der Waals surface area contributed by atoms with Crippen LogP contribution in [0.5, 0.6) is 0 Å². The zero-order chi connectivity index (χ0) is 26.2. The first kappa shape index (κ1) is 28.8. The molecule has 1 fully saturated rings. The van der Waals surface area contributed by atoms with Crippen LogP contribution in [-0.2, 0) is 61.9 Å². The normalized spacial score (nSPS) is 25.7. The largest absolute Gasteiger partial charge is 0.464 e. The number of hydrogen-bond acceptors (Lipinski definition) is 14. The zero-order valence-electron chi connectivity index (χ0n) is 19.7. The molecule has 0 aromatic carbocycles. The van der Waals surface area contributed by atoms with Gasteiger partial charge in [-0.05, 0) is 0 Å². The van der Waals surface area contributed by atoms with Crippen molar-refractivity contribution in [2.75, 3.05) is 13.7 Å². The smallest absolute Gasteiger partial charge is 0.379 e. The first-order chi connectivity index (χ1) is 15.7. The van der Waals surface area contributed by atoms with Crippen LogP contribution in [0.1, 0.15) is 41.0 Å². The number of ether oxygens (including phenoxy) is 7. The predicted molar refractivity (Wildman–Crippen MR) is 107 cm³/mol. The van der Waals surface area contributed by atoms with E-state index < -0.39 is 85.1 Å². The summed E-state index contributed by atoms with van der Waals surface area (Å²) in [5, 5.41) is 0. The van der Waals surface area contributed by atoms with E-state index in [-0.39, 0.29) is 0 Å². The van der Waals surface area contributed by atoms with Crippen LogP contribution in [0, 0.1) is 0 Å². The van der Waals surface area contributed by atoms with E-state index >= 15 is 0 Å². The van der Waals surface area contributed by atoms with E-state index in [2.05, 4.69) is 0 Å². The topological polar surface area (TPSA) is 193 Å². The molecule has 192 valence electrons. The van der Waals surface area contributed by atoms with Crippen LogP contribution in [0.15, 0.2) is 0 Å². The molecule has 2 unspecified atom stereocenters. The van der Waals surface area contributed by atoms with Crippen LogP contribution in [0.3, 0.4) is 0 Å². The van der Waals surface area contributed by atoms with E-state index in [1.54, 1.807) is 0 Å². The first-order valence-corrected chi connectivity index (χ1v) is 10.1. The molecule has 0 spiro atoms. The molecule has 1 rings (SSSR count). The fraction of sp³-hybridized carbons (Fsp3) is 0.700. The summed E-state index contributed by atoms with van der Waals surface area (Å²) in [7, 11) is 0.993. The Balaban J connectivity index is 3.61. The molecular weight excluding hydrogens is 462 g/mol. The van der Waals surface area contributed by atoms with Gasteiger partial charge in [-0.25, -0.2) is 4.79 Å². The molecule has 1 aliphatic heterocycles. The Bertz CT molecular complexity index is 812. The maximum absolute atomic E-state index is 12.6. The van der Waals surface area contributed by atoms with Crippen LogP contribution < -0.4 is 5.73 Å². The van der Waals surface area contributed by atoms with Crippen molar-refractivity contribution >= 4 is 35.8 Å². The van der Waals surface area contributed by atoms with Gasteiger partial charge >= 0.3 is 41.6 Å². The maximum atomic E-state index is 12.6. The number of carbonyl (C=O) groups excluding carboxylic acids is 6. The lowest BCUT2D eigenvalue weighted by atomic mass is 9.88. The standard InChI is InChI=1S/C20H29NO13/c1-9(22)29-8-15(31-11(3)24)17(32-12(4)25)18-16(21)14(30-10(2)23)7-20(34-18,19(27)28-6)33-13(5)26/h14-18H,7-8,21H2,1-6H3/t14?,15-,16-,17-,18?,20+/m1/s1. The van der Waals surface area contributed by atoms with Crippen LogP contribution >= 0.6 is 0 Å². The second-order valence-electron chi connectivity index (χ2n) is 7.37. The minimum absolute atomic E-state index is 0.550. The molecule has 0 saturated carbocycles. The summed E-state index contributed by atoms with van der Waals surface area (Å²) in [6.07, 6.45) is -6.51. The summed E-state index contributed by atoms with van der Waals surface area (Å²) in [5.74, 6) is -7.84. The summed E-state index contributed by atoms with van der Waals surface area (Å²) in [4.78, 5) is 71.1. The third kappa shape index (κ3) is 7.95. The fourth-order valence-electron chi connectivity index (χ4n) is 3.36. The molecule has 0 aliphatic carbocycles. The Hall–Kier alpha value is -3.26. The van der Waals surface area contributed by atoms with E-state index in [1.165, 1.54) is 0 Å². The van der Waals surface area contributed by atoms with Crippen molar-refractivity contribution in [2.45, 2.75) is 77.3 Å². The maximum Gasteiger partial charge on any atom is 0.379 e. The first-order valence-electron chi connectivity index (χ1n) is 10.1. The molecule has 6 atom stereocenters. The van der Waals surface area contributed by atoms with E-state index in [9.17, 15) is 28.8 Å². The summed E-state index contributed by atoms with van der Waals surface area (Å²) >= 11 is 0. The van der Waals surface area contributed by atoms with E-state index in [0.29, 0.717) is 0 Å². The molecule has 14 nitrogen and oxygen atoms in total. The van der Waals surface area contributed by atoms with Gasteiger partial charge in [0.15, 0.2) is 12.2 Å². The number of esters is 6. The van der Waals surface area contributed by atoms with Gasteiger partial charge in [-0.2, -0.15) is 0 Å². The quantitative estimate of drug-likeness (QED) is 0.301. The van der Waals surface area contributed by atoms with Gasteiger partial charge in [0.2, 0.25) is 0 Å². The van der Waals surface area contributed by atoms with Crippen molar-refractivity contribution in [1.82, 2.24) is 0 Å². The zero-order valence-corrected chi connectivity index (χ0v) is 19.7. The van der Waals surface area contributed by atoms with Gasteiger partial charge in [0.25, 0.3) is 0 Å². The van der Waals surface area contributed by atoms with Gasteiger partial charge < -0.3 is 38.9 Å². The van der Waals surface area contributed by atoms with Gasteiger partial charge in [-0.3, -0.25) is 24.0 Å². The van der Waals surface area contributed by atoms with Crippen molar-refractivity contribution in [3.05, 3.63) is 0 Å². The molecule has 1 heterocycles. The summed E-state index contributed by atoms with van der Waals surface area (Å²) in [6.45, 7) is 4.65. The highest BCUT2D eigenvalue weighted by molar-refractivity contribution is 5.81. The Labute approximate surface area is 195 Å². The minimum atomic E-state index is -2.46. The SMILES string of the molecule is COC(=O)[C@]1(OC(C)=O)CC(OC(C)=O)[C@@H](N)C([C@H](OC(C)=O)[C@@H](COC(C)=O)OC(C)=O)O1. The Morgan fingerprint density at radius 1 is 0.912 bits per heavy atom. The average Bonchev–Trinajstić information content (AvgIpc) is 2.69. The van der Waals surface area contributed by atoms with Gasteiger partial charge in [0.1, 0.15) is 18.8 Å². The van der Waals surface area contributed by atoms with Crippen molar-refractivity contribution in [2.24, 2.45) is 5.73 Å².